The highest BCUT2D eigenvalue weighted by molar-refractivity contribution is 5.94. The van der Waals surface area contributed by atoms with Gasteiger partial charge in [-0.3, -0.25) is 4.79 Å². The summed E-state index contributed by atoms with van der Waals surface area (Å²) < 4.78 is 44.8. The van der Waals surface area contributed by atoms with Crippen LogP contribution in [-0.4, -0.2) is 17.5 Å². The first-order chi connectivity index (χ1) is 11.8. The monoisotopic (exact) mass is 347 g/mol. The number of hydrogen-bond donors (Lipinski definition) is 1. The van der Waals surface area contributed by atoms with E-state index in [2.05, 4.69) is 4.98 Å². The first-order valence-electron chi connectivity index (χ1n) is 7.31. The van der Waals surface area contributed by atoms with E-state index in [4.69, 9.17) is 10.5 Å². The van der Waals surface area contributed by atoms with Crippen LogP contribution in [0.5, 0.6) is 5.75 Å². The molecule has 0 saturated heterocycles. The van der Waals surface area contributed by atoms with Crippen molar-refractivity contribution in [3.63, 3.8) is 0 Å². The first kappa shape index (κ1) is 16.8. The number of carbonyl (C=O) groups excluding carboxylic acids is 1. The number of nitrogens with zero attached hydrogens (tertiary/aromatic N) is 2. The Balaban J connectivity index is 2.34. The number of amides is 1. The quantitative estimate of drug-likeness (QED) is 0.905. The molecule has 0 saturated carbocycles. The van der Waals surface area contributed by atoms with E-state index in [1.54, 1.807) is 24.3 Å². The molecule has 0 bridgehead atoms. The molecule has 2 N–H and O–H groups in total. The van der Waals surface area contributed by atoms with Crippen LogP contribution in [0.1, 0.15) is 33.7 Å². The summed E-state index contributed by atoms with van der Waals surface area (Å²) in [7, 11) is 0. The molecule has 0 radical (unpaired) electrons. The number of carbonyl (C=O) groups is 1. The average Bonchev–Trinajstić information content (AvgIpc) is 2.59. The van der Waals surface area contributed by atoms with Crippen molar-refractivity contribution in [2.24, 2.45) is 5.73 Å². The molecule has 25 heavy (non-hydrogen) atoms. The molecule has 1 aliphatic heterocycles. The van der Waals surface area contributed by atoms with Crippen LogP contribution in [0.2, 0.25) is 0 Å². The van der Waals surface area contributed by atoms with E-state index >= 15 is 0 Å². The topological polar surface area (TPSA) is 89.0 Å². The summed E-state index contributed by atoms with van der Waals surface area (Å²) in [5, 5.41) is 9.86. The molecule has 1 aromatic carbocycles. The third-order valence-corrected chi connectivity index (χ3v) is 4.13. The maximum atomic E-state index is 13.1. The molecule has 5 nitrogen and oxygen atoms in total. The summed E-state index contributed by atoms with van der Waals surface area (Å²) in [6.07, 6.45) is -4.67. The van der Waals surface area contributed by atoms with Gasteiger partial charge in [-0.2, -0.15) is 18.4 Å². The minimum Gasteiger partial charge on any atom is -0.493 e. The number of nitriles is 1. The van der Waals surface area contributed by atoms with Gasteiger partial charge in [0.05, 0.1) is 23.9 Å². The zero-order chi connectivity index (χ0) is 18.2. The van der Waals surface area contributed by atoms with Crippen LogP contribution in [0.4, 0.5) is 13.2 Å². The van der Waals surface area contributed by atoms with E-state index in [0.29, 0.717) is 17.4 Å². The van der Waals surface area contributed by atoms with Crippen LogP contribution in [-0.2, 0) is 11.6 Å². The lowest BCUT2D eigenvalue weighted by atomic mass is 9.73. The number of halogens is 3. The van der Waals surface area contributed by atoms with Crippen molar-refractivity contribution in [1.82, 2.24) is 4.98 Å². The molecule has 0 spiro atoms. The third kappa shape index (κ3) is 2.67. The number of primary amides is 1. The van der Waals surface area contributed by atoms with Crippen molar-refractivity contribution < 1.29 is 22.7 Å². The largest absolute Gasteiger partial charge is 0.493 e. The Hall–Kier alpha value is -3.08. The smallest absolute Gasteiger partial charge is 0.433 e. The highest BCUT2D eigenvalue weighted by Gasteiger charge is 2.45. The van der Waals surface area contributed by atoms with E-state index in [9.17, 15) is 23.2 Å². The molecule has 128 valence electrons. The van der Waals surface area contributed by atoms with Gasteiger partial charge in [0.1, 0.15) is 16.9 Å². The van der Waals surface area contributed by atoms with Gasteiger partial charge in [0.15, 0.2) is 0 Å². The van der Waals surface area contributed by atoms with Gasteiger partial charge < -0.3 is 10.5 Å². The van der Waals surface area contributed by atoms with Crippen LogP contribution < -0.4 is 10.5 Å². The SMILES string of the molecule is N#CC1(c2nc(C(F)(F)F)ccc2C(N)=O)CCOc2ccccc21. The number of rotatable bonds is 2. The Morgan fingerprint density at radius 2 is 2.00 bits per heavy atom. The second-order valence-electron chi connectivity index (χ2n) is 5.57. The molecule has 1 unspecified atom stereocenters. The Morgan fingerprint density at radius 3 is 2.64 bits per heavy atom. The van der Waals surface area contributed by atoms with Crippen molar-refractivity contribution in [2.75, 3.05) is 6.61 Å². The minimum atomic E-state index is -4.72. The van der Waals surface area contributed by atoms with E-state index in [1.165, 1.54) is 0 Å². The second-order valence-corrected chi connectivity index (χ2v) is 5.57. The Bertz CT molecular complexity index is 889. The molecular formula is C17H12F3N3O2. The van der Waals surface area contributed by atoms with Crippen molar-refractivity contribution in [1.29, 1.82) is 5.26 Å². The van der Waals surface area contributed by atoms with Crippen molar-refractivity contribution in [2.45, 2.75) is 18.0 Å². The Morgan fingerprint density at radius 1 is 1.28 bits per heavy atom. The number of fused-ring (bicyclic) bond motifs is 1. The van der Waals surface area contributed by atoms with Gasteiger partial charge in [-0.25, -0.2) is 4.98 Å². The van der Waals surface area contributed by atoms with Gasteiger partial charge in [0, 0.05) is 12.0 Å². The fourth-order valence-electron chi connectivity index (χ4n) is 2.95. The predicted molar refractivity (Wildman–Crippen MR) is 80.7 cm³/mol. The highest BCUT2D eigenvalue weighted by Crippen LogP contribution is 2.44. The van der Waals surface area contributed by atoms with Crippen LogP contribution in [0, 0.1) is 11.3 Å². The number of para-hydroxylation sites is 1. The third-order valence-electron chi connectivity index (χ3n) is 4.13. The van der Waals surface area contributed by atoms with Gasteiger partial charge in [-0.05, 0) is 18.2 Å². The van der Waals surface area contributed by atoms with Gasteiger partial charge in [-0.15, -0.1) is 0 Å². The number of alkyl halides is 3. The normalized spacial score (nSPS) is 19.4. The second kappa shape index (κ2) is 5.77. The number of hydrogen-bond acceptors (Lipinski definition) is 4. The predicted octanol–water partition coefficient (Wildman–Crippen LogP) is 2.79. The number of ether oxygens (including phenoxy) is 1. The van der Waals surface area contributed by atoms with Crippen LogP contribution >= 0.6 is 0 Å². The summed E-state index contributed by atoms with van der Waals surface area (Å²) in [6.45, 7) is 0.0979. The first-order valence-corrected chi connectivity index (χ1v) is 7.31. The lowest BCUT2D eigenvalue weighted by Gasteiger charge is -2.33. The van der Waals surface area contributed by atoms with Crippen molar-refractivity contribution in [3.8, 4) is 11.8 Å². The summed E-state index contributed by atoms with van der Waals surface area (Å²) >= 11 is 0. The molecule has 3 rings (SSSR count). The van der Waals surface area contributed by atoms with Crippen LogP contribution in [0.3, 0.4) is 0 Å². The summed E-state index contributed by atoms with van der Waals surface area (Å²) in [4.78, 5) is 15.4. The van der Waals surface area contributed by atoms with Crippen molar-refractivity contribution in [3.05, 3.63) is 58.9 Å². The molecule has 1 atom stereocenters. The summed E-state index contributed by atoms with van der Waals surface area (Å²) in [6, 6.07) is 10.2. The standard InChI is InChI=1S/C17H12F3N3O2/c18-17(19,20)13-6-5-10(15(22)24)14(23-13)16(9-21)7-8-25-12-4-2-1-3-11(12)16/h1-6H,7-8H2,(H2,22,24). The van der Waals surface area contributed by atoms with Gasteiger partial charge in [0.25, 0.3) is 5.91 Å². The number of nitrogens with two attached hydrogens (primary N) is 1. The van der Waals surface area contributed by atoms with Crippen LogP contribution in [0.25, 0.3) is 0 Å². The van der Waals surface area contributed by atoms with E-state index in [-0.39, 0.29) is 24.3 Å². The molecule has 8 heteroatoms. The fraction of sp³-hybridized carbons (Fsp3) is 0.235. The van der Waals surface area contributed by atoms with E-state index in [0.717, 1.165) is 6.07 Å². The molecule has 1 aromatic heterocycles. The van der Waals surface area contributed by atoms with Gasteiger partial charge >= 0.3 is 6.18 Å². The summed E-state index contributed by atoms with van der Waals surface area (Å²) in [5.41, 5.74) is 2.41. The van der Waals surface area contributed by atoms with E-state index in [1.807, 2.05) is 6.07 Å². The van der Waals surface area contributed by atoms with Gasteiger partial charge in [-0.1, -0.05) is 18.2 Å². The van der Waals surface area contributed by atoms with Crippen LogP contribution in [0.15, 0.2) is 36.4 Å². The molecule has 2 aromatic rings. The Labute approximate surface area is 140 Å². The fourth-order valence-corrected chi connectivity index (χ4v) is 2.95. The van der Waals surface area contributed by atoms with E-state index < -0.39 is 23.2 Å². The average molecular weight is 347 g/mol. The number of pyridine rings is 1. The highest BCUT2D eigenvalue weighted by atomic mass is 19.4. The lowest BCUT2D eigenvalue weighted by molar-refractivity contribution is -0.141. The maximum absolute atomic E-state index is 13.1. The lowest BCUT2D eigenvalue weighted by Crippen LogP contribution is -2.36. The zero-order valence-corrected chi connectivity index (χ0v) is 12.8. The molecule has 2 heterocycles. The van der Waals surface area contributed by atoms with Crippen molar-refractivity contribution >= 4 is 5.91 Å². The Kier molecular flexibility index (Phi) is 3.87. The maximum Gasteiger partial charge on any atom is 0.433 e. The molecule has 1 aliphatic rings. The summed E-state index contributed by atoms with van der Waals surface area (Å²) in [5.74, 6) is -0.584. The molecule has 1 amide bonds. The minimum absolute atomic E-state index is 0.0507. The number of benzene rings is 1. The zero-order valence-electron chi connectivity index (χ0n) is 12.8. The number of aromatic nitrogens is 1. The van der Waals surface area contributed by atoms with Gasteiger partial charge in [0.2, 0.25) is 0 Å². The molecular weight excluding hydrogens is 335 g/mol. The molecule has 0 fully saturated rings. The molecule has 0 aliphatic carbocycles.